The Hall–Kier alpha value is -2.13. The number of rotatable bonds is 5. The minimum atomic E-state index is -3.95. The number of nitrogens with one attached hydrogen (secondary N) is 1. The zero-order valence-corrected chi connectivity index (χ0v) is 12.4. The molecule has 0 saturated carbocycles. The minimum Gasteiger partial charge on any atom is -0.477 e. The molecule has 8 nitrogen and oxygen atoms in total. The molecular formula is C11H11ClN4O4S. The maximum Gasteiger partial charge on any atom is 0.352 e. The maximum absolute atomic E-state index is 12.2. The van der Waals surface area contributed by atoms with Gasteiger partial charge >= 0.3 is 5.97 Å². The van der Waals surface area contributed by atoms with Crippen LogP contribution in [0, 0.1) is 0 Å². The normalized spacial score (nSPS) is 11.3. The number of halogens is 1. The van der Waals surface area contributed by atoms with Crippen LogP contribution >= 0.6 is 11.6 Å². The van der Waals surface area contributed by atoms with E-state index in [1.165, 1.54) is 22.9 Å². The fourth-order valence-corrected chi connectivity index (χ4v) is 2.77. The van der Waals surface area contributed by atoms with E-state index in [1.807, 2.05) is 0 Å². The third-order valence-corrected chi connectivity index (χ3v) is 4.14. The largest absolute Gasteiger partial charge is 0.477 e. The molecule has 0 aliphatic heterocycles. The molecular weight excluding hydrogens is 320 g/mol. The van der Waals surface area contributed by atoms with E-state index in [4.69, 9.17) is 16.7 Å². The summed E-state index contributed by atoms with van der Waals surface area (Å²) in [6.45, 7) is 2.04. The van der Waals surface area contributed by atoms with Gasteiger partial charge in [0.25, 0.3) is 10.0 Å². The van der Waals surface area contributed by atoms with Gasteiger partial charge in [0.1, 0.15) is 10.6 Å². The Morgan fingerprint density at radius 2 is 2.14 bits per heavy atom. The highest BCUT2D eigenvalue weighted by molar-refractivity contribution is 7.92. The molecule has 0 radical (unpaired) electrons. The monoisotopic (exact) mass is 330 g/mol. The molecule has 0 atom stereocenters. The number of hydrogen-bond acceptors (Lipinski definition) is 5. The van der Waals surface area contributed by atoms with Crippen LogP contribution in [0.15, 0.2) is 29.3 Å². The van der Waals surface area contributed by atoms with Crippen molar-refractivity contribution in [2.24, 2.45) is 0 Å². The molecule has 0 bridgehead atoms. The van der Waals surface area contributed by atoms with Crippen molar-refractivity contribution in [3.05, 3.63) is 35.2 Å². The highest BCUT2D eigenvalue weighted by Gasteiger charge is 2.21. The zero-order chi connectivity index (χ0) is 15.6. The summed E-state index contributed by atoms with van der Waals surface area (Å²) in [5.41, 5.74) is -0.111. The topological polar surface area (TPSA) is 114 Å². The van der Waals surface area contributed by atoms with Crippen LogP contribution in [-0.2, 0) is 16.6 Å². The first-order chi connectivity index (χ1) is 9.83. The van der Waals surface area contributed by atoms with Crippen molar-refractivity contribution in [3.8, 4) is 0 Å². The molecule has 2 heterocycles. The van der Waals surface area contributed by atoms with Crippen LogP contribution in [0.4, 0.5) is 5.82 Å². The summed E-state index contributed by atoms with van der Waals surface area (Å²) < 4.78 is 27.9. The van der Waals surface area contributed by atoms with Crippen LogP contribution in [0.1, 0.15) is 17.4 Å². The maximum atomic E-state index is 12.2. The van der Waals surface area contributed by atoms with E-state index >= 15 is 0 Å². The van der Waals surface area contributed by atoms with Crippen molar-refractivity contribution in [2.45, 2.75) is 18.4 Å². The number of sulfonamides is 1. The molecule has 0 fully saturated rings. The summed E-state index contributed by atoms with van der Waals surface area (Å²) in [6, 6.07) is 3.81. The van der Waals surface area contributed by atoms with Crippen LogP contribution in [0.5, 0.6) is 0 Å². The van der Waals surface area contributed by atoms with Crippen LogP contribution < -0.4 is 4.72 Å². The fourth-order valence-electron chi connectivity index (χ4n) is 1.64. The first-order valence-electron chi connectivity index (χ1n) is 5.79. The second-order valence-corrected chi connectivity index (χ2v) is 6.07. The summed E-state index contributed by atoms with van der Waals surface area (Å²) >= 11 is 5.56. The van der Waals surface area contributed by atoms with Gasteiger partial charge < -0.3 is 9.67 Å². The Kier molecular flexibility index (Phi) is 4.14. The van der Waals surface area contributed by atoms with E-state index in [1.54, 1.807) is 6.92 Å². The molecule has 21 heavy (non-hydrogen) atoms. The number of aromatic carboxylic acids is 1. The number of carboxylic acids is 1. The summed E-state index contributed by atoms with van der Waals surface area (Å²) in [4.78, 5) is 10.9. The Morgan fingerprint density at radius 1 is 1.43 bits per heavy atom. The van der Waals surface area contributed by atoms with Gasteiger partial charge in [0.05, 0.1) is 0 Å². The van der Waals surface area contributed by atoms with Gasteiger partial charge in [-0.2, -0.15) is 0 Å². The van der Waals surface area contributed by atoms with Crippen molar-refractivity contribution in [2.75, 3.05) is 4.72 Å². The molecule has 2 rings (SSSR count). The molecule has 0 saturated heterocycles. The van der Waals surface area contributed by atoms with Gasteiger partial charge in [0.15, 0.2) is 11.0 Å². The molecule has 2 N–H and O–H groups in total. The van der Waals surface area contributed by atoms with Crippen LogP contribution in [-0.4, -0.2) is 34.3 Å². The number of nitrogens with zero attached hydrogens (tertiary/aromatic N) is 3. The molecule has 0 unspecified atom stereocenters. The predicted molar refractivity (Wildman–Crippen MR) is 74.9 cm³/mol. The summed E-state index contributed by atoms with van der Waals surface area (Å²) in [6.07, 6.45) is 1.25. The second-order valence-electron chi connectivity index (χ2n) is 4.00. The van der Waals surface area contributed by atoms with Gasteiger partial charge in [-0.3, -0.25) is 4.72 Å². The van der Waals surface area contributed by atoms with Gasteiger partial charge in [-0.15, -0.1) is 10.2 Å². The second kappa shape index (κ2) is 5.70. The standard InChI is InChI=1S/C11H11ClN4O4S/c1-2-16-6-7(5-8(16)11(17)18)21(19,20)15-10-4-3-9(12)13-14-10/h3-6H,2H2,1H3,(H,14,15)(H,17,18). The smallest absolute Gasteiger partial charge is 0.352 e. The zero-order valence-electron chi connectivity index (χ0n) is 10.8. The van der Waals surface area contributed by atoms with Crippen molar-refractivity contribution in [1.29, 1.82) is 0 Å². The van der Waals surface area contributed by atoms with Gasteiger partial charge in [0, 0.05) is 12.7 Å². The average molecular weight is 331 g/mol. The van der Waals surface area contributed by atoms with Gasteiger partial charge in [0.2, 0.25) is 0 Å². The highest BCUT2D eigenvalue weighted by atomic mass is 35.5. The predicted octanol–water partition coefficient (Wildman–Crippen LogP) is 1.45. The Balaban J connectivity index is 2.35. The van der Waals surface area contributed by atoms with E-state index < -0.39 is 16.0 Å². The average Bonchev–Trinajstić information content (AvgIpc) is 2.86. The summed E-state index contributed by atoms with van der Waals surface area (Å²) in [5, 5.41) is 16.2. The fraction of sp³-hybridized carbons (Fsp3) is 0.182. The van der Waals surface area contributed by atoms with E-state index in [-0.39, 0.29) is 21.6 Å². The van der Waals surface area contributed by atoms with E-state index in [9.17, 15) is 13.2 Å². The van der Waals surface area contributed by atoms with E-state index in [0.717, 1.165) is 6.07 Å². The molecule has 0 spiro atoms. The molecule has 0 aliphatic rings. The third-order valence-electron chi connectivity index (χ3n) is 2.61. The number of carbonyl (C=O) groups is 1. The van der Waals surface area contributed by atoms with Crippen molar-refractivity contribution < 1.29 is 18.3 Å². The van der Waals surface area contributed by atoms with Crippen LogP contribution in [0.3, 0.4) is 0 Å². The quantitative estimate of drug-likeness (QED) is 0.857. The van der Waals surface area contributed by atoms with Gasteiger partial charge in [-0.25, -0.2) is 13.2 Å². The Labute approximate surface area is 125 Å². The van der Waals surface area contributed by atoms with E-state index in [0.29, 0.717) is 6.54 Å². The highest BCUT2D eigenvalue weighted by Crippen LogP contribution is 2.18. The van der Waals surface area contributed by atoms with E-state index in [2.05, 4.69) is 14.9 Å². The minimum absolute atomic E-state index is 0.0134. The molecule has 0 aliphatic carbocycles. The molecule has 0 aromatic carbocycles. The third kappa shape index (κ3) is 3.31. The van der Waals surface area contributed by atoms with Crippen molar-refractivity contribution in [3.63, 3.8) is 0 Å². The molecule has 2 aromatic heterocycles. The lowest BCUT2D eigenvalue weighted by Crippen LogP contribution is -2.13. The molecule has 0 amide bonds. The van der Waals surface area contributed by atoms with Crippen LogP contribution in [0.25, 0.3) is 0 Å². The lowest BCUT2D eigenvalue weighted by Gasteiger charge is -2.04. The Bertz CT molecular complexity index is 770. The number of anilines is 1. The first-order valence-corrected chi connectivity index (χ1v) is 7.65. The molecule has 112 valence electrons. The molecule has 2 aromatic rings. The number of carboxylic acid groups (broad SMARTS) is 1. The van der Waals surface area contributed by atoms with Crippen molar-refractivity contribution in [1.82, 2.24) is 14.8 Å². The van der Waals surface area contributed by atoms with Gasteiger partial charge in [-0.05, 0) is 25.1 Å². The number of hydrogen-bond donors (Lipinski definition) is 2. The lowest BCUT2D eigenvalue weighted by molar-refractivity contribution is 0.0685. The first kappa shape index (κ1) is 15.3. The number of aryl methyl sites for hydroxylation is 1. The van der Waals surface area contributed by atoms with Crippen LogP contribution in [0.2, 0.25) is 5.15 Å². The molecule has 10 heteroatoms. The SMILES string of the molecule is CCn1cc(S(=O)(=O)Nc2ccc(Cl)nn2)cc1C(=O)O. The Morgan fingerprint density at radius 3 is 2.62 bits per heavy atom. The number of aromatic nitrogens is 3. The van der Waals surface area contributed by atoms with Gasteiger partial charge in [-0.1, -0.05) is 11.6 Å². The lowest BCUT2D eigenvalue weighted by atomic mass is 10.4. The summed E-state index contributed by atoms with van der Waals surface area (Å²) in [5.74, 6) is -1.22. The van der Waals surface area contributed by atoms with Crippen molar-refractivity contribution >= 4 is 33.4 Å². The summed E-state index contributed by atoms with van der Waals surface area (Å²) in [7, 11) is -3.95.